The standard InChI is InChI=1S/C17H27N3O3S/c1-13(21)24-12-14-5-7-15(8-6-14)23-11-10-20-17(22)16(19)4-2-3-9-18/h5-8,16H,2-4,9-12,18-19H2,1H3,(H,20,22). The van der Waals surface area contributed by atoms with Crippen molar-refractivity contribution in [3.63, 3.8) is 0 Å². The largest absolute Gasteiger partial charge is 0.492 e. The number of hydrogen-bond donors (Lipinski definition) is 3. The van der Waals surface area contributed by atoms with Crippen molar-refractivity contribution in [3.8, 4) is 5.75 Å². The summed E-state index contributed by atoms with van der Waals surface area (Å²) in [7, 11) is 0. The number of carbonyl (C=O) groups is 2. The SMILES string of the molecule is CC(=O)SCc1ccc(OCCNC(=O)C(N)CCCCN)cc1. The van der Waals surface area contributed by atoms with Crippen molar-refractivity contribution < 1.29 is 14.3 Å². The fraction of sp³-hybridized carbons (Fsp3) is 0.529. The number of nitrogens with one attached hydrogen (secondary N) is 1. The summed E-state index contributed by atoms with van der Waals surface area (Å²) in [6.45, 7) is 2.96. The van der Waals surface area contributed by atoms with Crippen molar-refractivity contribution in [1.29, 1.82) is 0 Å². The van der Waals surface area contributed by atoms with E-state index in [0.717, 1.165) is 24.2 Å². The van der Waals surface area contributed by atoms with Gasteiger partial charge in [0.2, 0.25) is 5.91 Å². The van der Waals surface area contributed by atoms with Crippen molar-refractivity contribution in [3.05, 3.63) is 29.8 Å². The molecule has 0 bridgehead atoms. The van der Waals surface area contributed by atoms with Gasteiger partial charge in [0.05, 0.1) is 12.6 Å². The van der Waals surface area contributed by atoms with E-state index in [1.54, 1.807) is 6.92 Å². The van der Waals surface area contributed by atoms with Crippen LogP contribution in [0.5, 0.6) is 5.75 Å². The van der Waals surface area contributed by atoms with Gasteiger partial charge in [0.25, 0.3) is 0 Å². The lowest BCUT2D eigenvalue weighted by Crippen LogP contribution is -2.42. The molecule has 0 saturated carbocycles. The Bertz CT molecular complexity index is 508. The maximum absolute atomic E-state index is 11.8. The first kappa shape index (κ1) is 20.5. The average molecular weight is 353 g/mol. The highest BCUT2D eigenvalue weighted by Gasteiger charge is 2.11. The molecule has 5 N–H and O–H groups in total. The van der Waals surface area contributed by atoms with Gasteiger partial charge in [0.15, 0.2) is 5.12 Å². The Morgan fingerprint density at radius 2 is 1.96 bits per heavy atom. The van der Waals surface area contributed by atoms with Gasteiger partial charge in [0, 0.05) is 12.7 Å². The highest BCUT2D eigenvalue weighted by atomic mass is 32.2. The summed E-state index contributed by atoms with van der Waals surface area (Å²) in [6, 6.07) is 7.08. The second-order valence-corrected chi connectivity index (χ2v) is 6.61. The van der Waals surface area contributed by atoms with Crippen molar-refractivity contribution in [2.75, 3.05) is 19.7 Å². The summed E-state index contributed by atoms with van der Waals surface area (Å²) in [5, 5.41) is 2.87. The Hall–Kier alpha value is -1.57. The van der Waals surface area contributed by atoms with Gasteiger partial charge in [-0.15, -0.1) is 0 Å². The number of hydrogen-bond acceptors (Lipinski definition) is 6. The summed E-state index contributed by atoms with van der Waals surface area (Å²) < 4.78 is 5.57. The van der Waals surface area contributed by atoms with E-state index in [-0.39, 0.29) is 11.0 Å². The number of unbranched alkanes of at least 4 members (excludes halogenated alkanes) is 1. The van der Waals surface area contributed by atoms with E-state index in [2.05, 4.69) is 5.32 Å². The zero-order valence-corrected chi connectivity index (χ0v) is 14.9. The number of rotatable bonds is 11. The maximum atomic E-state index is 11.8. The van der Waals surface area contributed by atoms with Gasteiger partial charge in [-0.2, -0.15) is 0 Å². The Morgan fingerprint density at radius 3 is 2.58 bits per heavy atom. The second kappa shape index (κ2) is 11.9. The first-order valence-electron chi connectivity index (χ1n) is 8.11. The van der Waals surface area contributed by atoms with Crippen LogP contribution in [-0.4, -0.2) is 36.8 Å². The second-order valence-electron chi connectivity index (χ2n) is 5.45. The van der Waals surface area contributed by atoms with Gasteiger partial charge in [-0.1, -0.05) is 30.3 Å². The van der Waals surface area contributed by atoms with Crippen LogP contribution in [0.15, 0.2) is 24.3 Å². The van der Waals surface area contributed by atoms with Crippen molar-refractivity contribution in [2.24, 2.45) is 11.5 Å². The zero-order valence-electron chi connectivity index (χ0n) is 14.1. The Balaban J connectivity index is 2.20. The highest BCUT2D eigenvalue weighted by Crippen LogP contribution is 2.17. The van der Waals surface area contributed by atoms with Crippen molar-refractivity contribution in [1.82, 2.24) is 5.32 Å². The van der Waals surface area contributed by atoms with Crippen LogP contribution < -0.4 is 21.5 Å². The van der Waals surface area contributed by atoms with Crippen molar-refractivity contribution >= 4 is 22.8 Å². The van der Waals surface area contributed by atoms with Crippen LogP contribution in [0.4, 0.5) is 0 Å². The molecule has 0 aliphatic carbocycles. The van der Waals surface area contributed by atoms with Gasteiger partial charge in [-0.05, 0) is 37.1 Å². The number of nitrogens with two attached hydrogens (primary N) is 2. The summed E-state index contributed by atoms with van der Waals surface area (Å²) in [4.78, 5) is 22.7. The molecule has 0 aliphatic heterocycles. The predicted molar refractivity (Wildman–Crippen MR) is 97.8 cm³/mol. The molecule has 0 radical (unpaired) electrons. The molecule has 1 unspecified atom stereocenters. The number of ether oxygens (including phenoxy) is 1. The Morgan fingerprint density at radius 1 is 1.25 bits per heavy atom. The minimum absolute atomic E-state index is 0.104. The molecule has 6 nitrogen and oxygen atoms in total. The van der Waals surface area contributed by atoms with Crippen LogP contribution in [0.2, 0.25) is 0 Å². The van der Waals surface area contributed by atoms with Crippen LogP contribution in [0.25, 0.3) is 0 Å². The van der Waals surface area contributed by atoms with E-state index in [0.29, 0.717) is 31.9 Å². The summed E-state index contributed by atoms with van der Waals surface area (Å²) in [5.41, 5.74) is 12.3. The van der Waals surface area contributed by atoms with Crippen LogP contribution >= 0.6 is 11.8 Å². The van der Waals surface area contributed by atoms with Crippen LogP contribution in [0.1, 0.15) is 31.7 Å². The predicted octanol–water partition coefficient (Wildman–Crippen LogP) is 1.42. The number of benzene rings is 1. The minimum Gasteiger partial charge on any atom is -0.492 e. The van der Waals surface area contributed by atoms with Crippen LogP contribution in [0.3, 0.4) is 0 Å². The molecule has 0 heterocycles. The average Bonchev–Trinajstić information content (AvgIpc) is 2.57. The van der Waals surface area contributed by atoms with Gasteiger partial charge >= 0.3 is 0 Å². The van der Waals surface area contributed by atoms with E-state index < -0.39 is 6.04 Å². The number of thioether (sulfide) groups is 1. The minimum atomic E-state index is -0.491. The fourth-order valence-corrected chi connectivity index (χ4v) is 2.54. The first-order valence-corrected chi connectivity index (χ1v) is 9.10. The molecule has 1 atom stereocenters. The van der Waals surface area contributed by atoms with E-state index >= 15 is 0 Å². The lowest BCUT2D eigenvalue weighted by molar-refractivity contribution is -0.122. The van der Waals surface area contributed by atoms with Crippen molar-refractivity contribution in [2.45, 2.75) is 38.0 Å². The normalized spacial score (nSPS) is 11.8. The third-order valence-corrected chi connectivity index (χ3v) is 4.23. The maximum Gasteiger partial charge on any atom is 0.237 e. The van der Waals surface area contributed by atoms with Gasteiger partial charge < -0.3 is 21.5 Å². The van der Waals surface area contributed by atoms with Gasteiger partial charge in [-0.3, -0.25) is 9.59 Å². The molecule has 1 rings (SSSR count). The van der Waals surface area contributed by atoms with E-state index in [4.69, 9.17) is 16.2 Å². The summed E-state index contributed by atoms with van der Waals surface area (Å²) in [6.07, 6.45) is 2.38. The number of amides is 1. The molecular formula is C17H27N3O3S. The van der Waals surface area contributed by atoms with Gasteiger partial charge in [-0.25, -0.2) is 0 Å². The summed E-state index contributed by atoms with van der Waals surface area (Å²) >= 11 is 1.28. The van der Waals surface area contributed by atoms with Crippen LogP contribution in [0, 0.1) is 0 Å². The lowest BCUT2D eigenvalue weighted by Gasteiger charge is -2.12. The highest BCUT2D eigenvalue weighted by molar-refractivity contribution is 8.12. The number of carbonyl (C=O) groups excluding carboxylic acids is 2. The van der Waals surface area contributed by atoms with E-state index in [1.807, 2.05) is 24.3 Å². The molecule has 24 heavy (non-hydrogen) atoms. The molecule has 0 aliphatic rings. The molecule has 1 aromatic rings. The monoisotopic (exact) mass is 353 g/mol. The molecule has 134 valence electrons. The quantitative estimate of drug-likeness (QED) is 0.519. The molecule has 0 fully saturated rings. The molecule has 1 aromatic carbocycles. The smallest absolute Gasteiger partial charge is 0.237 e. The lowest BCUT2D eigenvalue weighted by atomic mass is 10.1. The molecular weight excluding hydrogens is 326 g/mol. The topological polar surface area (TPSA) is 107 Å². The molecule has 0 aromatic heterocycles. The Kier molecular flexibility index (Phi) is 10.1. The van der Waals surface area contributed by atoms with E-state index in [1.165, 1.54) is 11.8 Å². The molecule has 0 spiro atoms. The van der Waals surface area contributed by atoms with Crippen LogP contribution in [-0.2, 0) is 15.3 Å². The van der Waals surface area contributed by atoms with Gasteiger partial charge in [0.1, 0.15) is 12.4 Å². The summed E-state index contributed by atoms with van der Waals surface area (Å²) in [5.74, 6) is 1.23. The zero-order chi connectivity index (χ0) is 17.8. The van der Waals surface area contributed by atoms with E-state index in [9.17, 15) is 9.59 Å². The Labute approximate surface area is 147 Å². The third kappa shape index (κ3) is 8.90. The molecule has 7 heteroatoms. The molecule has 0 saturated heterocycles. The fourth-order valence-electron chi connectivity index (χ4n) is 1.98. The first-order chi connectivity index (χ1) is 11.5. The third-order valence-electron chi connectivity index (χ3n) is 3.34. The molecule has 1 amide bonds.